The van der Waals surface area contributed by atoms with Gasteiger partial charge in [0, 0.05) is 0 Å². The zero-order valence-electron chi connectivity index (χ0n) is 9.38. The van der Waals surface area contributed by atoms with Crippen LogP contribution in [0, 0.1) is 17.3 Å². The van der Waals surface area contributed by atoms with Crippen molar-refractivity contribution in [1.82, 2.24) is 0 Å². The molecule has 2 unspecified atom stereocenters. The fourth-order valence-electron chi connectivity index (χ4n) is 1.96. The Labute approximate surface area is 101 Å². The lowest BCUT2D eigenvalue weighted by atomic mass is 10.1. The Morgan fingerprint density at radius 2 is 1.93 bits per heavy atom. The zero-order chi connectivity index (χ0) is 11.8. The highest BCUT2D eigenvalue weighted by atomic mass is 35.5. The highest BCUT2D eigenvalue weighted by molar-refractivity contribution is 6.43. The van der Waals surface area contributed by atoms with Crippen molar-refractivity contribution in [3.63, 3.8) is 0 Å². The number of carbonyl (C=O) groups is 1. The van der Waals surface area contributed by atoms with Crippen molar-refractivity contribution in [3.05, 3.63) is 11.6 Å². The molecule has 1 saturated carbocycles. The third kappa shape index (κ3) is 2.88. The van der Waals surface area contributed by atoms with Crippen LogP contribution in [0.2, 0.25) is 0 Å². The van der Waals surface area contributed by atoms with Gasteiger partial charge in [0.15, 0.2) is 0 Å². The lowest BCUT2D eigenvalue weighted by molar-refractivity contribution is -0.145. The predicted molar refractivity (Wildman–Crippen MR) is 61.8 cm³/mol. The van der Waals surface area contributed by atoms with Gasteiger partial charge in [-0.05, 0) is 25.2 Å². The minimum Gasteiger partial charge on any atom is -0.431 e. The fourth-order valence-corrected chi connectivity index (χ4v) is 2.13. The van der Waals surface area contributed by atoms with E-state index in [1.54, 1.807) is 0 Å². The van der Waals surface area contributed by atoms with E-state index in [1.807, 2.05) is 27.7 Å². The van der Waals surface area contributed by atoms with Crippen molar-refractivity contribution < 1.29 is 9.53 Å². The van der Waals surface area contributed by atoms with E-state index in [1.165, 1.54) is 5.57 Å². The summed E-state index contributed by atoms with van der Waals surface area (Å²) in [5, 5.41) is -1.07. The summed E-state index contributed by atoms with van der Waals surface area (Å²) < 4.78 is 4.78. The van der Waals surface area contributed by atoms with Gasteiger partial charge >= 0.3 is 5.97 Å². The molecule has 0 N–H and O–H groups in total. The second-order valence-corrected chi connectivity index (χ2v) is 5.78. The van der Waals surface area contributed by atoms with E-state index < -0.39 is 5.02 Å². The molecule has 0 saturated heterocycles. The number of allylic oxidation sites excluding steroid dienone is 2. The third-order valence-electron chi connectivity index (χ3n) is 2.88. The summed E-state index contributed by atoms with van der Waals surface area (Å²) in [5.41, 5.74) is 1.16. The van der Waals surface area contributed by atoms with E-state index in [2.05, 4.69) is 6.08 Å². The van der Waals surface area contributed by atoms with Crippen LogP contribution in [0.25, 0.3) is 0 Å². The molecule has 2 nitrogen and oxygen atoms in total. The second kappa shape index (κ2) is 4.34. The molecule has 4 heteroatoms. The molecule has 1 rings (SSSR count). The summed E-state index contributed by atoms with van der Waals surface area (Å²) in [5.74, 6) is -0.188. The number of halogens is 2. The minimum absolute atomic E-state index is 0.0446. The number of hydrogen-bond donors (Lipinski definition) is 0. The number of hydrogen-bond acceptors (Lipinski definition) is 2. The lowest BCUT2D eigenvalue weighted by Gasteiger charge is -2.04. The topological polar surface area (TPSA) is 26.3 Å². The van der Waals surface area contributed by atoms with Crippen LogP contribution in [0.15, 0.2) is 11.6 Å². The lowest BCUT2D eigenvalue weighted by Crippen LogP contribution is -2.13. The van der Waals surface area contributed by atoms with Crippen LogP contribution in [-0.4, -0.2) is 11.0 Å². The van der Waals surface area contributed by atoms with Crippen molar-refractivity contribution in [3.8, 4) is 0 Å². The first-order valence-corrected chi connectivity index (χ1v) is 5.77. The molecule has 0 aromatic rings. The molecule has 86 valence electrons. The first kappa shape index (κ1) is 12.9. The Kier molecular flexibility index (Phi) is 3.72. The average Bonchev–Trinajstić information content (AvgIpc) is 2.49. The summed E-state index contributed by atoms with van der Waals surface area (Å²) in [6.07, 6.45) is 2.10. The van der Waals surface area contributed by atoms with Crippen LogP contribution in [0.4, 0.5) is 0 Å². The van der Waals surface area contributed by atoms with Crippen LogP contribution in [0.3, 0.4) is 0 Å². The van der Waals surface area contributed by atoms with Gasteiger partial charge in [-0.15, -0.1) is 0 Å². The van der Waals surface area contributed by atoms with Crippen molar-refractivity contribution >= 4 is 29.2 Å². The second-order valence-electron chi connectivity index (χ2n) is 4.77. The largest absolute Gasteiger partial charge is 0.431 e. The Morgan fingerprint density at radius 1 is 1.40 bits per heavy atom. The number of carbonyl (C=O) groups excluding carboxylic acids is 1. The molecule has 0 heterocycles. The van der Waals surface area contributed by atoms with Gasteiger partial charge in [0.2, 0.25) is 0 Å². The summed E-state index contributed by atoms with van der Waals surface area (Å²) in [6, 6.07) is 0. The van der Waals surface area contributed by atoms with Crippen molar-refractivity contribution in [2.75, 3.05) is 0 Å². The predicted octanol–water partition coefficient (Wildman–Crippen LogP) is 3.53. The highest BCUT2D eigenvalue weighted by Crippen LogP contribution is 2.59. The number of ether oxygens (including phenoxy) is 1. The summed E-state index contributed by atoms with van der Waals surface area (Å²) in [6.45, 7) is 8.12. The highest BCUT2D eigenvalue weighted by Gasteiger charge is 2.61. The Hall–Kier alpha value is -0.210. The SMILES string of the molecule is CC(C)=CC1C(C(=O)OC(Cl)Cl)C1(C)C. The molecule has 0 bridgehead atoms. The van der Waals surface area contributed by atoms with E-state index in [0.29, 0.717) is 0 Å². The van der Waals surface area contributed by atoms with Crippen molar-refractivity contribution in [2.45, 2.75) is 32.7 Å². The first-order chi connectivity index (χ1) is 6.76. The summed E-state index contributed by atoms with van der Waals surface area (Å²) in [4.78, 5) is 11.6. The van der Waals surface area contributed by atoms with Crippen molar-refractivity contribution in [1.29, 1.82) is 0 Å². The third-order valence-corrected chi connectivity index (χ3v) is 3.06. The smallest absolute Gasteiger partial charge is 0.312 e. The van der Waals surface area contributed by atoms with Crippen LogP contribution in [0.1, 0.15) is 27.7 Å². The monoisotopic (exact) mass is 250 g/mol. The minimum atomic E-state index is -1.07. The quantitative estimate of drug-likeness (QED) is 0.435. The van der Waals surface area contributed by atoms with E-state index in [0.717, 1.165) is 0 Å². The molecule has 0 aromatic carbocycles. The van der Waals surface area contributed by atoms with Gasteiger partial charge in [-0.2, -0.15) is 0 Å². The Bertz CT molecular complexity index is 291. The fraction of sp³-hybridized carbons (Fsp3) is 0.727. The maximum atomic E-state index is 11.6. The molecule has 0 amide bonds. The first-order valence-electron chi connectivity index (χ1n) is 4.90. The molecule has 0 aliphatic heterocycles. The van der Waals surface area contributed by atoms with E-state index in [-0.39, 0.29) is 23.2 Å². The molecule has 2 atom stereocenters. The van der Waals surface area contributed by atoms with Crippen LogP contribution < -0.4 is 0 Å². The number of esters is 1. The maximum absolute atomic E-state index is 11.6. The zero-order valence-corrected chi connectivity index (χ0v) is 10.9. The van der Waals surface area contributed by atoms with Gasteiger partial charge in [-0.25, -0.2) is 0 Å². The van der Waals surface area contributed by atoms with Gasteiger partial charge in [-0.3, -0.25) is 4.79 Å². The number of alkyl halides is 2. The van der Waals surface area contributed by atoms with Gasteiger partial charge in [0.25, 0.3) is 5.02 Å². The standard InChI is InChI=1S/C11H16Cl2O2/c1-6(2)5-7-8(11(7,3)4)9(14)15-10(12)13/h5,7-8,10H,1-4H3. The Morgan fingerprint density at radius 3 is 2.33 bits per heavy atom. The summed E-state index contributed by atoms with van der Waals surface area (Å²) >= 11 is 10.8. The van der Waals surface area contributed by atoms with Crippen LogP contribution >= 0.6 is 23.2 Å². The molecule has 0 spiro atoms. The summed E-state index contributed by atoms with van der Waals surface area (Å²) in [7, 11) is 0. The maximum Gasteiger partial charge on any atom is 0.312 e. The normalized spacial score (nSPS) is 27.4. The van der Waals surface area contributed by atoms with E-state index in [9.17, 15) is 4.79 Å². The van der Waals surface area contributed by atoms with Crippen LogP contribution in [0.5, 0.6) is 0 Å². The van der Waals surface area contributed by atoms with Gasteiger partial charge in [0.1, 0.15) is 0 Å². The molecule has 0 radical (unpaired) electrons. The molecule has 1 aliphatic rings. The van der Waals surface area contributed by atoms with Gasteiger partial charge in [-0.1, -0.05) is 48.7 Å². The van der Waals surface area contributed by atoms with Crippen molar-refractivity contribution in [2.24, 2.45) is 17.3 Å². The number of rotatable bonds is 3. The van der Waals surface area contributed by atoms with Crippen LogP contribution in [-0.2, 0) is 9.53 Å². The molecule has 0 aromatic heterocycles. The van der Waals surface area contributed by atoms with Gasteiger partial charge < -0.3 is 4.74 Å². The average molecular weight is 251 g/mol. The molecule has 1 fully saturated rings. The van der Waals surface area contributed by atoms with Gasteiger partial charge in [0.05, 0.1) is 5.92 Å². The van der Waals surface area contributed by atoms with E-state index in [4.69, 9.17) is 27.9 Å². The molecule has 15 heavy (non-hydrogen) atoms. The molecule has 1 aliphatic carbocycles. The van der Waals surface area contributed by atoms with E-state index >= 15 is 0 Å². The molecular weight excluding hydrogens is 235 g/mol. The molecular formula is C11H16Cl2O2. The Balaban J connectivity index is 2.66.